The zero-order chi connectivity index (χ0) is 22.1. The fourth-order valence-corrected chi connectivity index (χ4v) is 5.11. The monoisotopic (exact) mass is 453 g/mol. The highest BCUT2D eigenvalue weighted by Gasteiger charge is 2.58. The van der Waals surface area contributed by atoms with Crippen molar-refractivity contribution >= 4 is 28.5 Å². The Labute approximate surface area is 186 Å². The Kier molecular flexibility index (Phi) is 4.10. The van der Waals surface area contributed by atoms with E-state index in [0.29, 0.717) is 34.7 Å². The second-order valence-electron chi connectivity index (χ2n) is 8.54. The van der Waals surface area contributed by atoms with Crippen LogP contribution in [0.25, 0.3) is 11.2 Å². The smallest absolute Gasteiger partial charge is 0.332 e. The molecule has 0 radical (unpaired) electrons. The number of hydrogen-bond acceptors (Lipinski definition) is 7. The summed E-state index contributed by atoms with van der Waals surface area (Å²) in [5, 5.41) is 4.95. The minimum absolute atomic E-state index is 0.216. The third kappa shape index (κ3) is 2.82. The van der Waals surface area contributed by atoms with Crippen molar-refractivity contribution in [3.8, 4) is 0 Å². The third-order valence-corrected chi connectivity index (χ3v) is 6.91. The van der Waals surface area contributed by atoms with E-state index in [1.54, 1.807) is 11.6 Å². The second kappa shape index (κ2) is 6.80. The minimum Gasteiger partial charge on any atom is -0.371 e. The molecular formula is C21H20ClN7O3. The van der Waals surface area contributed by atoms with Crippen LogP contribution in [-0.4, -0.2) is 41.9 Å². The molecule has 3 aromatic heterocycles. The number of benzene rings is 1. The first-order valence-corrected chi connectivity index (χ1v) is 10.7. The SMILES string of the molecule is Cn1c(=O)c2c(ncn2Cc2nc(C3C4CN(c5cccc(Cl)c5)C[C@@H]43)no2)n(C)c1=O. The summed E-state index contributed by atoms with van der Waals surface area (Å²) in [6, 6.07) is 7.91. The van der Waals surface area contributed by atoms with E-state index in [1.807, 2.05) is 18.2 Å². The molecule has 0 spiro atoms. The lowest BCUT2D eigenvalue weighted by Crippen LogP contribution is -2.37. The fraction of sp³-hybridized carbons (Fsp3) is 0.381. The topological polar surface area (TPSA) is 104 Å². The second-order valence-corrected chi connectivity index (χ2v) is 8.97. The van der Waals surface area contributed by atoms with E-state index in [1.165, 1.54) is 17.9 Å². The average Bonchev–Trinajstić information content (AvgIpc) is 3.23. The Hall–Kier alpha value is -3.40. The van der Waals surface area contributed by atoms with Crippen molar-refractivity contribution in [1.82, 2.24) is 28.8 Å². The van der Waals surface area contributed by atoms with Gasteiger partial charge in [0.25, 0.3) is 5.56 Å². The lowest BCUT2D eigenvalue weighted by atomic mass is 10.2. The van der Waals surface area contributed by atoms with Crippen molar-refractivity contribution in [2.24, 2.45) is 25.9 Å². The van der Waals surface area contributed by atoms with Crippen LogP contribution in [0.4, 0.5) is 5.69 Å². The lowest BCUT2D eigenvalue weighted by Gasteiger charge is -2.21. The number of aromatic nitrogens is 6. The molecule has 6 rings (SSSR count). The largest absolute Gasteiger partial charge is 0.371 e. The Morgan fingerprint density at radius 3 is 2.69 bits per heavy atom. The molecule has 4 heterocycles. The maximum absolute atomic E-state index is 12.6. The minimum atomic E-state index is -0.417. The van der Waals surface area contributed by atoms with E-state index in [9.17, 15) is 9.59 Å². The van der Waals surface area contributed by atoms with Crippen molar-refractivity contribution in [3.05, 3.63) is 68.2 Å². The Morgan fingerprint density at radius 1 is 1.16 bits per heavy atom. The number of anilines is 1. The van der Waals surface area contributed by atoms with Gasteiger partial charge in [-0.1, -0.05) is 22.8 Å². The number of piperidine rings is 1. The van der Waals surface area contributed by atoms with Gasteiger partial charge in [0.2, 0.25) is 5.89 Å². The molecule has 0 amide bonds. The molecule has 2 unspecified atom stereocenters. The molecule has 1 saturated heterocycles. The molecule has 1 aliphatic carbocycles. The van der Waals surface area contributed by atoms with E-state index in [4.69, 9.17) is 16.1 Å². The zero-order valence-corrected chi connectivity index (χ0v) is 18.2. The van der Waals surface area contributed by atoms with Crippen LogP contribution in [0.1, 0.15) is 17.6 Å². The van der Waals surface area contributed by atoms with E-state index in [-0.39, 0.29) is 12.5 Å². The van der Waals surface area contributed by atoms with Crippen molar-refractivity contribution in [1.29, 1.82) is 0 Å². The van der Waals surface area contributed by atoms with Gasteiger partial charge in [0, 0.05) is 43.8 Å². The van der Waals surface area contributed by atoms with Gasteiger partial charge in [-0.15, -0.1) is 0 Å². The Bertz CT molecular complexity index is 1470. The highest BCUT2D eigenvalue weighted by Crippen LogP contribution is 2.58. The molecule has 0 bridgehead atoms. The number of imidazole rings is 1. The molecule has 164 valence electrons. The zero-order valence-electron chi connectivity index (χ0n) is 17.5. The predicted molar refractivity (Wildman–Crippen MR) is 117 cm³/mol. The molecule has 0 N–H and O–H groups in total. The van der Waals surface area contributed by atoms with E-state index >= 15 is 0 Å². The Morgan fingerprint density at radius 2 is 1.94 bits per heavy atom. The first kappa shape index (κ1) is 19.3. The van der Waals surface area contributed by atoms with Crippen LogP contribution in [0.15, 0.2) is 44.7 Å². The number of nitrogens with zero attached hydrogens (tertiary/aromatic N) is 7. The molecule has 10 nitrogen and oxygen atoms in total. The Balaban J connectivity index is 1.20. The van der Waals surface area contributed by atoms with Crippen LogP contribution in [0, 0.1) is 11.8 Å². The number of rotatable bonds is 4. The highest BCUT2D eigenvalue weighted by atomic mass is 35.5. The number of halogens is 1. The molecule has 32 heavy (non-hydrogen) atoms. The normalized spacial score (nSPS) is 22.0. The first-order chi connectivity index (χ1) is 15.4. The van der Waals surface area contributed by atoms with Gasteiger partial charge in [-0.05, 0) is 30.0 Å². The fourth-order valence-electron chi connectivity index (χ4n) is 4.92. The van der Waals surface area contributed by atoms with Crippen molar-refractivity contribution < 1.29 is 4.52 Å². The van der Waals surface area contributed by atoms with E-state index in [2.05, 4.69) is 26.1 Å². The summed E-state index contributed by atoms with van der Waals surface area (Å²) in [7, 11) is 3.04. The summed E-state index contributed by atoms with van der Waals surface area (Å²) >= 11 is 6.12. The maximum atomic E-state index is 12.6. The molecule has 2 fully saturated rings. The van der Waals surface area contributed by atoms with Crippen molar-refractivity contribution in [2.75, 3.05) is 18.0 Å². The molecule has 1 aliphatic heterocycles. The summed E-state index contributed by atoms with van der Waals surface area (Å²) in [6.45, 7) is 2.10. The molecule has 1 aromatic carbocycles. The molecule has 11 heteroatoms. The van der Waals surface area contributed by atoms with Gasteiger partial charge < -0.3 is 14.0 Å². The van der Waals surface area contributed by atoms with Gasteiger partial charge in [-0.25, -0.2) is 9.78 Å². The van der Waals surface area contributed by atoms with Crippen LogP contribution in [0.3, 0.4) is 0 Å². The molecular weight excluding hydrogens is 434 g/mol. The summed E-state index contributed by atoms with van der Waals surface area (Å²) in [4.78, 5) is 35.9. The van der Waals surface area contributed by atoms with Gasteiger partial charge in [0.05, 0.1) is 6.33 Å². The standard InChI is InChI=1S/C21H20ClN7O3/c1-26-19-17(20(30)27(2)21(26)31)29(10-23-19)9-15-24-18(25-32-15)16-13-7-28(8-14(13)16)12-5-3-4-11(22)6-12/h3-6,10,13-14,16H,7-9H2,1-2H3/t13-,14?,16?/m0/s1. The van der Waals surface area contributed by atoms with Crippen LogP contribution in [0.2, 0.25) is 5.02 Å². The quantitative estimate of drug-likeness (QED) is 0.459. The lowest BCUT2D eigenvalue weighted by molar-refractivity contribution is 0.366. The summed E-state index contributed by atoms with van der Waals surface area (Å²) in [6.07, 6.45) is 1.52. The van der Waals surface area contributed by atoms with Crippen LogP contribution in [0.5, 0.6) is 0 Å². The van der Waals surface area contributed by atoms with Gasteiger partial charge in [0.15, 0.2) is 17.0 Å². The van der Waals surface area contributed by atoms with Crippen LogP contribution < -0.4 is 16.1 Å². The highest BCUT2D eigenvalue weighted by molar-refractivity contribution is 6.30. The average molecular weight is 454 g/mol. The van der Waals surface area contributed by atoms with Gasteiger partial charge in [-0.3, -0.25) is 13.9 Å². The summed E-state index contributed by atoms with van der Waals surface area (Å²) < 4.78 is 9.55. The van der Waals surface area contributed by atoms with E-state index < -0.39 is 11.2 Å². The maximum Gasteiger partial charge on any atom is 0.332 e. The molecule has 4 aromatic rings. The van der Waals surface area contributed by atoms with Gasteiger partial charge in [0.1, 0.15) is 6.54 Å². The summed E-state index contributed by atoms with van der Waals surface area (Å²) in [5.41, 5.74) is 0.976. The van der Waals surface area contributed by atoms with Crippen molar-refractivity contribution in [3.63, 3.8) is 0 Å². The predicted octanol–water partition coefficient (Wildman–Crippen LogP) is 1.37. The number of fused-ring (bicyclic) bond motifs is 2. The van der Waals surface area contributed by atoms with Crippen LogP contribution in [-0.2, 0) is 20.6 Å². The van der Waals surface area contributed by atoms with Gasteiger partial charge >= 0.3 is 5.69 Å². The summed E-state index contributed by atoms with van der Waals surface area (Å²) in [5.74, 6) is 2.40. The molecule has 3 atom stereocenters. The van der Waals surface area contributed by atoms with E-state index in [0.717, 1.165) is 28.4 Å². The van der Waals surface area contributed by atoms with Crippen LogP contribution >= 0.6 is 11.6 Å². The van der Waals surface area contributed by atoms with Gasteiger partial charge in [-0.2, -0.15) is 4.98 Å². The molecule has 2 aliphatic rings. The molecule has 1 saturated carbocycles. The third-order valence-electron chi connectivity index (χ3n) is 6.67. The number of hydrogen-bond donors (Lipinski definition) is 0. The van der Waals surface area contributed by atoms with Crippen molar-refractivity contribution in [2.45, 2.75) is 12.5 Å². The first-order valence-electron chi connectivity index (χ1n) is 10.4. The number of aryl methyl sites for hydroxylation is 1.